The minimum Gasteiger partial charge on any atom is -0.744 e. The van der Waals surface area contributed by atoms with E-state index in [9.17, 15) is 48.5 Å². The van der Waals surface area contributed by atoms with Gasteiger partial charge < -0.3 is 30.4 Å². The third-order valence-electron chi connectivity index (χ3n) is 7.66. The number of Topliss-reactive ketones (excluding diaryl/α,β-unsaturated/α-hetero) is 2. The number of benzene rings is 4. The van der Waals surface area contributed by atoms with Crippen LogP contribution in [-0.2, 0) is 30.4 Å². The summed E-state index contributed by atoms with van der Waals surface area (Å²) in [5.41, 5.74) is 15.6. The van der Waals surface area contributed by atoms with Gasteiger partial charge in [0.1, 0.15) is 41.8 Å². The van der Waals surface area contributed by atoms with Crippen LogP contribution in [0.15, 0.2) is 104 Å². The van der Waals surface area contributed by atoms with Crippen molar-refractivity contribution in [3.05, 3.63) is 111 Å². The van der Waals surface area contributed by atoms with Gasteiger partial charge in [0.2, 0.25) is 11.6 Å². The van der Waals surface area contributed by atoms with Gasteiger partial charge in [0, 0.05) is 28.2 Å². The van der Waals surface area contributed by atoms with Gasteiger partial charge >= 0.3 is 88.7 Å². The van der Waals surface area contributed by atoms with Gasteiger partial charge in [-0.15, -0.1) is 0 Å². The SMILES string of the molecule is Nc1ccc2c(c1)C(=O)/C(=N\Nc1ccc(Nc3ccc(N/N=C4\C(=O)c5cc(N)ccc5C=C4S(=O)(=O)[O-])cc3S(=O)(=O)[O-])cc1)C(S(=O)(=O)[O-])=C2.[Na+].[Na+].[Na+]. The topological polar surface area (TPSA) is 319 Å². The first-order chi connectivity index (χ1) is 24.8. The fourth-order valence-electron chi connectivity index (χ4n) is 5.21. The average molecular weight is 846 g/mol. The summed E-state index contributed by atoms with van der Waals surface area (Å²) < 4.78 is 108. The minimum atomic E-state index is -5.21. The number of carbonyl (C=O) groups excluding carboxylic acids is 2. The molecule has 6 rings (SSSR count). The van der Waals surface area contributed by atoms with Crippen LogP contribution in [0.1, 0.15) is 31.8 Å². The largest absolute Gasteiger partial charge is 1.00 e. The second kappa shape index (κ2) is 18.1. The number of hydrazone groups is 2. The number of hydrogen-bond donors (Lipinski definition) is 5. The van der Waals surface area contributed by atoms with Crippen LogP contribution in [0.5, 0.6) is 0 Å². The average Bonchev–Trinajstić information content (AvgIpc) is 3.07. The Hall–Kier alpha value is -3.23. The standard InChI is InChI=1S/C32H25N7O11S3.3Na/c33-18-3-1-16-11-27(52(45,46)47)29(31(40)23(16)13-18)38-36-21-7-5-20(6-8-21)35-25-10-9-22(15-26(25)51(42,43)44)37-39-30-28(53(48,49)50)12-17-2-4-19(34)14-24(17)32(30)41;;;/h1-15,35-37H,33-34H2,(H,42,43,44)(H,45,46,47)(H,48,49,50);;;/q;3*+1/p-3/b38-29-,39-30-;;;. The number of anilines is 6. The molecule has 4 aromatic carbocycles. The first kappa shape index (κ1) is 47.1. The zero-order chi connectivity index (χ0) is 38.5. The molecule has 24 heteroatoms. The van der Waals surface area contributed by atoms with Crippen LogP contribution >= 0.6 is 0 Å². The van der Waals surface area contributed by atoms with E-state index in [0.29, 0.717) is 0 Å². The number of carbonyl (C=O) groups is 2. The molecule has 0 aliphatic heterocycles. The third kappa shape index (κ3) is 10.4. The van der Waals surface area contributed by atoms with Gasteiger partial charge in [-0.1, -0.05) is 12.1 Å². The molecule has 0 spiro atoms. The number of nitrogens with zero attached hydrogens (tertiary/aromatic N) is 2. The second-order valence-electron chi connectivity index (χ2n) is 11.3. The normalized spacial score (nSPS) is 15.2. The van der Waals surface area contributed by atoms with Crippen molar-refractivity contribution >= 4 is 99.6 Å². The number of nitrogen functional groups attached to an aromatic ring is 2. The molecule has 0 fully saturated rings. The maximum absolute atomic E-state index is 13.1. The Balaban J connectivity index is 0.00000280. The van der Waals surface area contributed by atoms with E-state index >= 15 is 0 Å². The quantitative estimate of drug-likeness (QED) is 0.0453. The van der Waals surface area contributed by atoms with E-state index in [1.807, 2.05) is 0 Å². The zero-order valence-corrected chi connectivity index (χ0v) is 37.9. The second-order valence-corrected chi connectivity index (χ2v) is 15.3. The smallest absolute Gasteiger partial charge is 0.744 e. The van der Waals surface area contributed by atoms with E-state index in [4.69, 9.17) is 11.5 Å². The Morgan fingerprint density at radius 3 is 1.36 bits per heavy atom. The van der Waals surface area contributed by atoms with Crippen LogP contribution in [0.2, 0.25) is 0 Å². The number of allylic oxidation sites excluding steroid dienone is 2. The third-order valence-corrected chi connectivity index (χ3v) is 10.2. The Labute approximate surface area is 386 Å². The van der Waals surface area contributed by atoms with E-state index in [0.717, 1.165) is 18.2 Å². The van der Waals surface area contributed by atoms with Crippen molar-refractivity contribution in [3.8, 4) is 0 Å². The van der Waals surface area contributed by atoms with Gasteiger partial charge in [-0.25, -0.2) is 25.3 Å². The molecule has 0 radical (unpaired) electrons. The summed E-state index contributed by atoms with van der Waals surface area (Å²) >= 11 is 0. The summed E-state index contributed by atoms with van der Waals surface area (Å²) in [5.74, 6) is -1.82. The molecule has 4 aromatic rings. The number of nitrogens with two attached hydrogens (primary N) is 2. The molecule has 0 saturated carbocycles. The first-order valence-electron chi connectivity index (χ1n) is 14.7. The van der Waals surface area contributed by atoms with E-state index in [1.54, 1.807) is 0 Å². The fraction of sp³-hybridized carbons (Fsp3) is 0. The molecule has 56 heavy (non-hydrogen) atoms. The summed E-state index contributed by atoms with van der Waals surface area (Å²) in [7, 11) is -15.5. The zero-order valence-electron chi connectivity index (χ0n) is 29.4. The molecule has 0 saturated heterocycles. The molecule has 0 atom stereocenters. The van der Waals surface area contributed by atoms with Gasteiger partial charge in [0.05, 0.1) is 31.8 Å². The van der Waals surface area contributed by atoms with Gasteiger partial charge in [-0.3, -0.25) is 20.4 Å². The van der Waals surface area contributed by atoms with Crippen LogP contribution in [0.4, 0.5) is 34.1 Å². The molecule has 0 unspecified atom stereocenters. The predicted octanol–water partition coefficient (Wildman–Crippen LogP) is -6.39. The number of nitrogens with one attached hydrogen (secondary N) is 3. The molecule has 0 aromatic heterocycles. The Bertz CT molecular complexity index is 2740. The Morgan fingerprint density at radius 2 is 0.929 bits per heavy atom. The van der Waals surface area contributed by atoms with E-state index in [1.165, 1.54) is 72.8 Å². The molecular weight excluding hydrogens is 824 g/mol. The van der Waals surface area contributed by atoms with Crippen LogP contribution in [0.3, 0.4) is 0 Å². The summed E-state index contributed by atoms with van der Waals surface area (Å²) in [6, 6.07) is 17.0. The maximum Gasteiger partial charge on any atom is 1.00 e. The van der Waals surface area contributed by atoms with Crippen LogP contribution < -0.4 is 116 Å². The van der Waals surface area contributed by atoms with Crippen molar-refractivity contribution in [1.29, 1.82) is 0 Å². The summed E-state index contributed by atoms with van der Waals surface area (Å²) in [6.45, 7) is 0. The number of ketones is 2. The maximum atomic E-state index is 13.1. The first-order valence-corrected chi connectivity index (χ1v) is 18.9. The molecule has 272 valence electrons. The summed E-state index contributed by atoms with van der Waals surface area (Å²) in [4.78, 5) is 23.6. The van der Waals surface area contributed by atoms with E-state index in [2.05, 4.69) is 26.4 Å². The van der Waals surface area contributed by atoms with Gasteiger partial charge in [0.15, 0.2) is 0 Å². The van der Waals surface area contributed by atoms with Crippen LogP contribution in [-0.4, -0.2) is 61.9 Å². The van der Waals surface area contributed by atoms with Crippen molar-refractivity contribution in [3.63, 3.8) is 0 Å². The molecule has 0 heterocycles. The molecule has 18 nitrogen and oxygen atoms in total. The number of fused-ring (bicyclic) bond motifs is 2. The van der Waals surface area contributed by atoms with Crippen molar-refractivity contribution in [1.82, 2.24) is 0 Å². The predicted molar refractivity (Wildman–Crippen MR) is 192 cm³/mol. The van der Waals surface area contributed by atoms with Crippen molar-refractivity contribution < 1.29 is 137 Å². The van der Waals surface area contributed by atoms with Crippen LogP contribution in [0.25, 0.3) is 12.2 Å². The summed E-state index contributed by atoms with van der Waals surface area (Å²) in [5, 5.41) is 10.4. The number of hydrogen-bond acceptors (Lipinski definition) is 18. The minimum absolute atomic E-state index is 0. The summed E-state index contributed by atoms with van der Waals surface area (Å²) in [6.07, 6.45) is 1.96. The molecule has 2 aliphatic rings. The van der Waals surface area contributed by atoms with Gasteiger partial charge in [-0.2, -0.15) is 10.2 Å². The molecular formula is C32H22N7Na3O11S3. The molecule has 0 bridgehead atoms. The Morgan fingerprint density at radius 1 is 0.518 bits per heavy atom. The van der Waals surface area contributed by atoms with Crippen molar-refractivity contribution in [2.45, 2.75) is 4.90 Å². The fourth-order valence-corrected chi connectivity index (χ4v) is 7.16. The van der Waals surface area contributed by atoms with Gasteiger partial charge in [-0.05, 0) is 90.0 Å². The van der Waals surface area contributed by atoms with Crippen molar-refractivity contribution in [2.24, 2.45) is 10.2 Å². The van der Waals surface area contributed by atoms with Crippen molar-refractivity contribution in [2.75, 3.05) is 27.6 Å². The molecule has 2 aliphatic carbocycles. The van der Waals surface area contributed by atoms with E-state index in [-0.39, 0.29) is 145 Å². The monoisotopic (exact) mass is 845 g/mol. The molecule has 7 N–H and O–H groups in total. The van der Waals surface area contributed by atoms with Crippen LogP contribution in [0, 0.1) is 0 Å². The van der Waals surface area contributed by atoms with Gasteiger partial charge in [0.25, 0.3) is 0 Å². The number of rotatable bonds is 9. The molecule has 0 amide bonds. The Kier molecular flexibility index (Phi) is 15.3. The van der Waals surface area contributed by atoms with E-state index < -0.39 is 68.0 Å².